The molecule has 0 aliphatic heterocycles. The number of quaternary nitrogens is 1. The number of esters is 1. The Balaban J connectivity index is 4.07. The van der Waals surface area contributed by atoms with E-state index in [2.05, 4.69) is 74.6 Å². The zero-order chi connectivity index (χ0) is 47.6. The molecule has 9 heteroatoms. The Hall–Kier alpha value is -1.80. The van der Waals surface area contributed by atoms with E-state index in [9.17, 15) is 14.3 Å². The first-order valence-electron chi connectivity index (χ1n) is 27.0. The summed E-state index contributed by atoms with van der Waals surface area (Å²) in [5.41, 5.74) is 0. The average molecular weight is 935 g/mol. The molecular formula is C56H105NO7P+. The van der Waals surface area contributed by atoms with Crippen LogP contribution >= 0.6 is 7.82 Å². The predicted molar refractivity (Wildman–Crippen MR) is 279 cm³/mol. The van der Waals surface area contributed by atoms with Gasteiger partial charge in [-0.05, 0) is 77.0 Å². The highest BCUT2D eigenvalue weighted by Crippen LogP contribution is 2.43. The van der Waals surface area contributed by atoms with Crippen LogP contribution in [-0.4, -0.2) is 75.6 Å². The van der Waals surface area contributed by atoms with Gasteiger partial charge in [0, 0.05) is 13.0 Å². The first-order valence-corrected chi connectivity index (χ1v) is 28.5. The minimum atomic E-state index is -4.29. The van der Waals surface area contributed by atoms with Crippen LogP contribution in [-0.2, 0) is 27.9 Å². The molecule has 0 amide bonds. The first kappa shape index (κ1) is 63.2. The monoisotopic (exact) mass is 935 g/mol. The molecule has 0 aliphatic rings. The number of phosphoric acid groups is 1. The van der Waals surface area contributed by atoms with Crippen LogP contribution in [0.25, 0.3) is 0 Å². The van der Waals surface area contributed by atoms with Gasteiger partial charge in [-0.2, -0.15) is 0 Å². The molecule has 380 valence electrons. The minimum absolute atomic E-state index is 0.0849. The Kier molecular flexibility index (Phi) is 47.3. The highest BCUT2D eigenvalue weighted by molar-refractivity contribution is 7.47. The predicted octanol–water partition coefficient (Wildman–Crippen LogP) is 16.8. The van der Waals surface area contributed by atoms with E-state index in [1.54, 1.807) is 0 Å². The molecular weight excluding hydrogens is 830 g/mol. The topological polar surface area (TPSA) is 91.3 Å². The molecule has 0 aromatic carbocycles. The smallest absolute Gasteiger partial charge is 0.457 e. The number of hydrogen-bond acceptors (Lipinski definition) is 6. The maximum absolute atomic E-state index is 12.8. The lowest BCUT2D eigenvalue weighted by Gasteiger charge is -2.24. The zero-order valence-corrected chi connectivity index (χ0v) is 44.1. The number of carbonyl (C=O) groups is 1. The van der Waals surface area contributed by atoms with Crippen molar-refractivity contribution in [3.63, 3.8) is 0 Å². The van der Waals surface area contributed by atoms with Crippen molar-refractivity contribution in [2.75, 3.05) is 54.1 Å². The number of rotatable bonds is 50. The Bertz CT molecular complexity index is 1220. The van der Waals surface area contributed by atoms with Gasteiger partial charge in [0.15, 0.2) is 0 Å². The number of hydrogen-bond donors (Lipinski definition) is 1. The number of likely N-dealkylation sites (N-methyl/N-ethyl adjacent to an activating group) is 1. The standard InChI is InChI=1S/C56H104NO7P/c1-6-8-10-12-14-16-18-20-22-24-25-26-27-28-29-30-31-32-34-36-38-40-42-44-46-48-51-61-53-55(54-63-65(59,60)62-52-50-57(3,4)5)64-56(58)49-47-45-43-41-39-37-35-33-23-21-19-17-15-13-11-9-7-2/h9,11,15,17-18,20-21,23-25,55H,6-8,10,12-14,16,19,22,26-54H2,1-5H3/p+1/b11-9-,17-15-,20-18-,23-21-,25-24-. The molecule has 0 bridgehead atoms. The van der Waals surface area contributed by atoms with Gasteiger partial charge in [0.25, 0.3) is 0 Å². The van der Waals surface area contributed by atoms with Crippen LogP contribution in [0.1, 0.15) is 232 Å². The molecule has 0 saturated heterocycles. The lowest BCUT2D eigenvalue weighted by Crippen LogP contribution is -2.37. The van der Waals surface area contributed by atoms with Crippen molar-refractivity contribution in [2.45, 2.75) is 238 Å². The van der Waals surface area contributed by atoms with Gasteiger partial charge in [-0.25, -0.2) is 4.57 Å². The summed E-state index contributed by atoms with van der Waals surface area (Å²) >= 11 is 0. The van der Waals surface area contributed by atoms with Gasteiger partial charge < -0.3 is 18.9 Å². The average Bonchev–Trinajstić information content (AvgIpc) is 3.27. The lowest BCUT2D eigenvalue weighted by molar-refractivity contribution is -0.870. The molecule has 0 fully saturated rings. The van der Waals surface area contributed by atoms with E-state index in [1.165, 1.54) is 148 Å². The summed E-state index contributed by atoms with van der Waals surface area (Å²) in [5, 5.41) is 0. The maximum atomic E-state index is 12.8. The van der Waals surface area contributed by atoms with Gasteiger partial charge >= 0.3 is 13.8 Å². The second-order valence-corrected chi connectivity index (χ2v) is 20.7. The first-order chi connectivity index (χ1) is 31.6. The largest absolute Gasteiger partial charge is 0.472 e. The fourth-order valence-electron chi connectivity index (χ4n) is 7.42. The van der Waals surface area contributed by atoms with E-state index < -0.39 is 13.9 Å². The fraction of sp³-hybridized carbons (Fsp3) is 0.804. The number of unbranched alkanes of at least 4 members (excludes halogenated alkanes) is 26. The number of nitrogens with zero attached hydrogens (tertiary/aromatic N) is 1. The quantitative estimate of drug-likeness (QED) is 0.0214. The van der Waals surface area contributed by atoms with Gasteiger partial charge in [0.1, 0.15) is 19.3 Å². The van der Waals surface area contributed by atoms with Gasteiger partial charge in [0.05, 0.1) is 34.4 Å². The molecule has 0 aromatic heterocycles. The molecule has 65 heavy (non-hydrogen) atoms. The molecule has 2 atom stereocenters. The summed E-state index contributed by atoms with van der Waals surface area (Å²) in [4.78, 5) is 23.0. The highest BCUT2D eigenvalue weighted by Gasteiger charge is 2.26. The normalized spacial score (nSPS) is 14.0. The van der Waals surface area contributed by atoms with E-state index in [4.69, 9.17) is 18.5 Å². The third-order valence-corrected chi connectivity index (χ3v) is 12.5. The van der Waals surface area contributed by atoms with Crippen molar-refractivity contribution in [3.05, 3.63) is 60.8 Å². The van der Waals surface area contributed by atoms with Crippen molar-refractivity contribution in [1.29, 1.82) is 0 Å². The van der Waals surface area contributed by atoms with Crippen LogP contribution in [0.5, 0.6) is 0 Å². The summed E-state index contributed by atoms with van der Waals surface area (Å²) in [5.74, 6) is -0.323. The molecule has 0 radical (unpaired) electrons. The summed E-state index contributed by atoms with van der Waals surface area (Å²) in [6.07, 6.45) is 62.8. The number of allylic oxidation sites excluding steroid dienone is 10. The van der Waals surface area contributed by atoms with Crippen molar-refractivity contribution in [2.24, 2.45) is 0 Å². The molecule has 0 rings (SSSR count). The summed E-state index contributed by atoms with van der Waals surface area (Å²) in [6.45, 7) is 5.51. The van der Waals surface area contributed by atoms with Crippen LogP contribution < -0.4 is 0 Å². The SMILES string of the molecule is CC/C=C\C/C=C\C/C=C\CCCCCCCCCC(=O)OC(COCCCCCCCCCCCCCCCC/C=C\C/C=C\CCCCCCC)COP(=O)(O)OCC[N+](C)(C)C. The number of ether oxygens (including phenoxy) is 2. The van der Waals surface area contributed by atoms with Gasteiger partial charge in [-0.1, -0.05) is 209 Å². The van der Waals surface area contributed by atoms with E-state index in [0.717, 1.165) is 64.2 Å². The summed E-state index contributed by atoms with van der Waals surface area (Å²) < 4.78 is 35.2. The van der Waals surface area contributed by atoms with E-state index >= 15 is 0 Å². The van der Waals surface area contributed by atoms with Crippen LogP contribution in [0.4, 0.5) is 0 Å². The zero-order valence-electron chi connectivity index (χ0n) is 43.2. The molecule has 0 spiro atoms. The molecule has 2 unspecified atom stereocenters. The lowest BCUT2D eigenvalue weighted by atomic mass is 10.0. The van der Waals surface area contributed by atoms with Gasteiger partial charge in [-0.15, -0.1) is 0 Å². The molecule has 0 aromatic rings. The molecule has 0 aliphatic carbocycles. The minimum Gasteiger partial charge on any atom is -0.457 e. The Labute approximate surface area is 402 Å². The van der Waals surface area contributed by atoms with E-state index in [0.29, 0.717) is 24.1 Å². The molecule has 8 nitrogen and oxygen atoms in total. The second kappa shape index (κ2) is 48.6. The Morgan fingerprint density at radius 1 is 0.492 bits per heavy atom. The van der Waals surface area contributed by atoms with Crippen molar-refractivity contribution in [1.82, 2.24) is 0 Å². The maximum Gasteiger partial charge on any atom is 0.472 e. The third kappa shape index (κ3) is 53.0. The summed E-state index contributed by atoms with van der Waals surface area (Å²) in [7, 11) is 1.66. The van der Waals surface area contributed by atoms with Crippen molar-refractivity contribution < 1.29 is 37.3 Å². The Morgan fingerprint density at radius 3 is 1.34 bits per heavy atom. The fourth-order valence-corrected chi connectivity index (χ4v) is 8.16. The van der Waals surface area contributed by atoms with Gasteiger partial charge in [-0.3, -0.25) is 13.8 Å². The van der Waals surface area contributed by atoms with Crippen molar-refractivity contribution >= 4 is 13.8 Å². The number of carbonyl (C=O) groups excluding carboxylic acids is 1. The van der Waals surface area contributed by atoms with E-state index in [-0.39, 0.29) is 25.8 Å². The van der Waals surface area contributed by atoms with Crippen LogP contribution in [0, 0.1) is 0 Å². The van der Waals surface area contributed by atoms with Crippen LogP contribution in [0.3, 0.4) is 0 Å². The highest BCUT2D eigenvalue weighted by atomic mass is 31.2. The molecule has 0 heterocycles. The third-order valence-electron chi connectivity index (χ3n) is 11.6. The Morgan fingerprint density at radius 2 is 0.892 bits per heavy atom. The summed E-state index contributed by atoms with van der Waals surface area (Å²) in [6, 6.07) is 0. The van der Waals surface area contributed by atoms with Crippen LogP contribution in [0.15, 0.2) is 60.8 Å². The van der Waals surface area contributed by atoms with Crippen LogP contribution in [0.2, 0.25) is 0 Å². The van der Waals surface area contributed by atoms with E-state index in [1.807, 2.05) is 21.1 Å². The van der Waals surface area contributed by atoms with Gasteiger partial charge in [0.2, 0.25) is 0 Å². The molecule has 1 N–H and O–H groups in total. The van der Waals surface area contributed by atoms with Crippen molar-refractivity contribution in [3.8, 4) is 0 Å². The second-order valence-electron chi connectivity index (χ2n) is 19.2. The number of phosphoric ester groups is 1. The molecule has 0 saturated carbocycles.